The zero-order chi connectivity index (χ0) is 14.3. The van der Waals surface area contributed by atoms with Crippen molar-refractivity contribution in [1.29, 1.82) is 0 Å². The molecule has 0 aliphatic rings. The summed E-state index contributed by atoms with van der Waals surface area (Å²) in [5, 5.41) is 7.41. The molecule has 1 heterocycles. The predicted octanol–water partition coefficient (Wildman–Crippen LogP) is 3.59. The molecule has 0 saturated carbocycles. The van der Waals surface area contributed by atoms with Crippen LogP contribution in [0.15, 0.2) is 6.33 Å². The topological polar surface area (TPSA) is 49.8 Å². The highest BCUT2D eigenvalue weighted by Crippen LogP contribution is 2.28. The van der Waals surface area contributed by atoms with Gasteiger partial charge in [-0.1, -0.05) is 27.7 Å². The standard InChI is InChI=1S/C14H26N4S/c1-6-7-15-13-12(10(2)3)14(18-9-17-13)16-8-11(4)19-5/h9-11H,6-8H2,1-5H3,(H2,15,16,17,18). The highest BCUT2D eigenvalue weighted by Gasteiger charge is 2.14. The molecule has 1 unspecified atom stereocenters. The third-order valence-corrected chi connectivity index (χ3v) is 3.93. The maximum Gasteiger partial charge on any atom is 0.135 e. The van der Waals surface area contributed by atoms with Crippen LogP contribution in [0.4, 0.5) is 11.6 Å². The van der Waals surface area contributed by atoms with Gasteiger partial charge in [0, 0.05) is 23.9 Å². The van der Waals surface area contributed by atoms with E-state index in [9.17, 15) is 0 Å². The predicted molar refractivity (Wildman–Crippen MR) is 86.4 cm³/mol. The molecule has 108 valence electrons. The van der Waals surface area contributed by atoms with Crippen LogP contribution in [0.3, 0.4) is 0 Å². The van der Waals surface area contributed by atoms with E-state index in [0.717, 1.165) is 31.1 Å². The fourth-order valence-corrected chi connectivity index (χ4v) is 2.04. The van der Waals surface area contributed by atoms with Gasteiger partial charge in [-0.25, -0.2) is 9.97 Å². The van der Waals surface area contributed by atoms with Crippen molar-refractivity contribution in [2.45, 2.75) is 45.3 Å². The summed E-state index contributed by atoms with van der Waals surface area (Å²) in [7, 11) is 0. The van der Waals surface area contributed by atoms with Gasteiger partial charge < -0.3 is 10.6 Å². The quantitative estimate of drug-likeness (QED) is 0.763. The van der Waals surface area contributed by atoms with Crippen LogP contribution in [-0.2, 0) is 0 Å². The fraction of sp³-hybridized carbons (Fsp3) is 0.714. The zero-order valence-corrected chi connectivity index (χ0v) is 13.5. The molecule has 0 fully saturated rings. The van der Waals surface area contributed by atoms with Gasteiger partial charge in [0.05, 0.1) is 0 Å². The number of nitrogens with zero attached hydrogens (tertiary/aromatic N) is 2. The van der Waals surface area contributed by atoms with E-state index in [1.165, 1.54) is 5.56 Å². The highest BCUT2D eigenvalue weighted by molar-refractivity contribution is 7.99. The van der Waals surface area contributed by atoms with Crippen molar-refractivity contribution in [3.8, 4) is 0 Å². The first-order valence-electron chi connectivity index (χ1n) is 6.95. The molecule has 0 radical (unpaired) electrons. The molecule has 1 aromatic heterocycles. The molecule has 0 aromatic carbocycles. The van der Waals surface area contributed by atoms with Crippen LogP contribution in [0.25, 0.3) is 0 Å². The van der Waals surface area contributed by atoms with Crippen molar-refractivity contribution in [3.05, 3.63) is 11.9 Å². The Morgan fingerprint density at radius 1 is 1.16 bits per heavy atom. The van der Waals surface area contributed by atoms with Crippen LogP contribution in [-0.4, -0.2) is 34.6 Å². The van der Waals surface area contributed by atoms with Crippen molar-refractivity contribution in [2.75, 3.05) is 30.0 Å². The van der Waals surface area contributed by atoms with E-state index in [1.807, 2.05) is 11.8 Å². The number of aromatic nitrogens is 2. The lowest BCUT2D eigenvalue weighted by molar-refractivity contribution is 0.837. The first kappa shape index (κ1) is 16.1. The van der Waals surface area contributed by atoms with Crippen LogP contribution in [0.5, 0.6) is 0 Å². The summed E-state index contributed by atoms with van der Waals surface area (Å²) in [5.41, 5.74) is 1.18. The number of anilines is 2. The van der Waals surface area contributed by atoms with Crippen LogP contribution in [0.1, 0.15) is 45.6 Å². The SMILES string of the molecule is CCCNc1ncnc(NCC(C)SC)c1C(C)C. The van der Waals surface area contributed by atoms with E-state index in [2.05, 4.69) is 54.6 Å². The van der Waals surface area contributed by atoms with Gasteiger partial charge in [0.25, 0.3) is 0 Å². The largest absolute Gasteiger partial charge is 0.370 e. The van der Waals surface area contributed by atoms with Gasteiger partial charge in [-0.2, -0.15) is 11.8 Å². The molecular weight excluding hydrogens is 256 g/mol. The number of hydrogen-bond acceptors (Lipinski definition) is 5. The molecule has 0 bridgehead atoms. The Hall–Kier alpha value is -0.970. The van der Waals surface area contributed by atoms with Gasteiger partial charge in [-0.3, -0.25) is 0 Å². The molecule has 0 aliphatic carbocycles. The monoisotopic (exact) mass is 282 g/mol. The van der Waals surface area contributed by atoms with Gasteiger partial charge in [-0.05, 0) is 18.6 Å². The van der Waals surface area contributed by atoms with E-state index in [-0.39, 0.29) is 0 Å². The number of rotatable bonds is 8. The van der Waals surface area contributed by atoms with Gasteiger partial charge >= 0.3 is 0 Å². The van der Waals surface area contributed by atoms with Crippen LogP contribution < -0.4 is 10.6 Å². The van der Waals surface area contributed by atoms with Crippen LogP contribution in [0, 0.1) is 0 Å². The third-order valence-electron chi connectivity index (χ3n) is 2.96. The lowest BCUT2D eigenvalue weighted by Gasteiger charge is -2.18. The second-order valence-electron chi connectivity index (χ2n) is 4.99. The van der Waals surface area contributed by atoms with E-state index < -0.39 is 0 Å². The molecule has 0 spiro atoms. The van der Waals surface area contributed by atoms with Gasteiger partial charge in [0.1, 0.15) is 18.0 Å². The van der Waals surface area contributed by atoms with Gasteiger partial charge in [0.2, 0.25) is 0 Å². The number of hydrogen-bond donors (Lipinski definition) is 2. The third kappa shape index (κ3) is 4.90. The lowest BCUT2D eigenvalue weighted by atomic mass is 10.0. The minimum absolute atomic E-state index is 0.396. The van der Waals surface area contributed by atoms with Crippen LogP contribution in [0.2, 0.25) is 0 Å². The summed E-state index contributed by atoms with van der Waals surface area (Å²) in [4.78, 5) is 8.78. The van der Waals surface area contributed by atoms with E-state index in [0.29, 0.717) is 11.2 Å². The number of nitrogens with one attached hydrogen (secondary N) is 2. The average Bonchev–Trinajstić information content (AvgIpc) is 2.41. The first-order chi connectivity index (χ1) is 9.10. The molecule has 0 aliphatic heterocycles. The molecule has 0 saturated heterocycles. The summed E-state index contributed by atoms with van der Waals surface area (Å²) in [6.45, 7) is 10.6. The van der Waals surface area contributed by atoms with E-state index in [4.69, 9.17) is 0 Å². The summed E-state index contributed by atoms with van der Waals surface area (Å²) in [6, 6.07) is 0. The summed E-state index contributed by atoms with van der Waals surface area (Å²) < 4.78 is 0. The first-order valence-corrected chi connectivity index (χ1v) is 8.24. The molecule has 19 heavy (non-hydrogen) atoms. The van der Waals surface area contributed by atoms with Crippen molar-refractivity contribution < 1.29 is 0 Å². The molecule has 1 rings (SSSR count). The van der Waals surface area contributed by atoms with Gasteiger partial charge in [-0.15, -0.1) is 0 Å². The van der Waals surface area contributed by atoms with E-state index in [1.54, 1.807) is 6.33 Å². The molecule has 1 atom stereocenters. The van der Waals surface area contributed by atoms with Crippen molar-refractivity contribution in [3.63, 3.8) is 0 Å². The number of thioether (sulfide) groups is 1. The highest BCUT2D eigenvalue weighted by atomic mass is 32.2. The summed E-state index contributed by atoms with van der Waals surface area (Å²) in [5.74, 6) is 2.32. The fourth-order valence-electron chi connectivity index (χ4n) is 1.79. The molecule has 4 nitrogen and oxygen atoms in total. The summed E-state index contributed by atoms with van der Waals surface area (Å²) >= 11 is 1.85. The maximum atomic E-state index is 4.40. The second-order valence-corrected chi connectivity index (χ2v) is 6.27. The lowest BCUT2D eigenvalue weighted by Crippen LogP contribution is -2.17. The van der Waals surface area contributed by atoms with Crippen molar-refractivity contribution >= 4 is 23.4 Å². The minimum Gasteiger partial charge on any atom is -0.370 e. The Labute approximate surface area is 121 Å². The zero-order valence-electron chi connectivity index (χ0n) is 12.7. The van der Waals surface area contributed by atoms with Crippen molar-refractivity contribution in [2.24, 2.45) is 0 Å². The Morgan fingerprint density at radius 3 is 2.32 bits per heavy atom. The Balaban J connectivity index is 2.89. The molecule has 5 heteroatoms. The maximum absolute atomic E-state index is 4.40. The smallest absolute Gasteiger partial charge is 0.135 e. The second kappa shape index (κ2) is 8.25. The molecule has 2 N–H and O–H groups in total. The van der Waals surface area contributed by atoms with Gasteiger partial charge in [0.15, 0.2) is 0 Å². The summed E-state index contributed by atoms with van der Waals surface area (Å²) in [6.07, 6.45) is 4.85. The average molecular weight is 282 g/mol. The Bertz CT molecular complexity index is 382. The van der Waals surface area contributed by atoms with Crippen LogP contribution >= 0.6 is 11.8 Å². The molecule has 0 amide bonds. The Morgan fingerprint density at radius 2 is 1.79 bits per heavy atom. The molecule has 1 aromatic rings. The minimum atomic E-state index is 0.396. The van der Waals surface area contributed by atoms with Crippen molar-refractivity contribution in [1.82, 2.24) is 9.97 Å². The normalized spacial score (nSPS) is 12.5. The van der Waals surface area contributed by atoms with E-state index >= 15 is 0 Å². The Kier molecular flexibility index (Phi) is 6.99. The molecular formula is C14H26N4S.